The van der Waals surface area contributed by atoms with Crippen LogP contribution in [0, 0.1) is 11.6 Å². The van der Waals surface area contributed by atoms with Crippen molar-refractivity contribution in [3.05, 3.63) is 70.2 Å². The Morgan fingerprint density at radius 2 is 1.23 bits per heavy atom. The molecular formula is C19H14Cl2F2O3. The topological polar surface area (TPSA) is 35.5 Å². The highest BCUT2D eigenvalue weighted by atomic mass is 35.5. The second-order valence-electron chi connectivity index (χ2n) is 5.07. The fourth-order valence-electron chi connectivity index (χ4n) is 2.30. The number of carbonyl (C=O) groups is 1. The number of ether oxygens (including phenoxy) is 2. The van der Waals surface area contributed by atoms with E-state index >= 15 is 0 Å². The third-order valence-electron chi connectivity index (χ3n) is 3.63. The Labute approximate surface area is 159 Å². The molecule has 26 heavy (non-hydrogen) atoms. The van der Waals surface area contributed by atoms with E-state index in [9.17, 15) is 13.6 Å². The number of hydrogen-bond donors (Lipinski definition) is 0. The van der Waals surface area contributed by atoms with Crippen molar-refractivity contribution in [2.24, 2.45) is 0 Å². The first-order valence-corrected chi connectivity index (χ1v) is 8.17. The van der Waals surface area contributed by atoms with E-state index in [0.717, 1.165) is 23.2 Å². The first-order chi connectivity index (χ1) is 12.5. The molecule has 0 unspecified atom stereocenters. The van der Waals surface area contributed by atoms with Gasteiger partial charge in [0, 0.05) is 22.2 Å². The summed E-state index contributed by atoms with van der Waals surface area (Å²) in [5.74, 6) is -1.84. The van der Waals surface area contributed by atoms with E-state index in [4.69, 9.17) is 32.7 Å². The van der Waals surface area contributed by atoms with Crippen molar-refractivity contribution in [3.8, 4) is 11.5 Å². The van der Waals surface area contributed by atoms with Crippen molar-refractivity contribution in [1.29, 1.82) is 0 Å². The summed E-state index contributed by atoms with van der Waals surface area (Å²) in [5.41, 5.74) is 2.49. The monoisotopic (exact) mass is 398 g/mol. The molecule has 0 saturated carbocycles. The van der Waals surface area contributed by atoms with Gasteiger partial charge in [0.2, 0.25) is 0 Å². The Hall–Kier alpha value is -2.37. The average molecular weight is 399 g/mol. The number of methoxy groups -OCH3 is 2. The molecule has 0 N–H and O–H groups in total. The number of allylic oxidation sites excluding steroid dienone is 2. The van der Waals surface area contributed by atoms with Gasteiger partial charge in [-0.25, -0.2) is 8.78 Å². The molecule has 7 heteroatoms. The largest absolute Gasteiger partial charge is 0.494 e. The third-order valence-corrected chi connectivity index (χ3v) is 4.07. The maximum atomic E-state index is 13.9. The standard InChI is InChI=1S/C19H14Cl2F2O3/c1-25-17-5-3-11(7-15(17)22)13(9-20)19(24)14(10-21)12-4-6-18(26-2)16(23)8-12/h3-10H,1-2H3. The minimum atomic E-state index is -0.652. The smallest absolute Gasteiger partial charge is 0.196 e. The van der Waals surface area contributed by atoms with Crippen LogP contribution in [0.5, 0.6) is 11.5 Å². The predicted octanol–water partition coefficient (Wildman–Crippen LogP) is 5.41. The molecule has 0 aliphatic carbocycles. The van der Waals surface area contributed by atoms with Crippen molar-refractivity contribution in [2.75, 3.05) is 14.2 Å². The van der Waals surface area contributed by atoms with Crippen LogP contribution in [0.2, 0.25) is 0 Å². The first-order valence-electron chi connectivity index (χ1n) is 7.30. The van der Waals surface area contributed by atoms with Gasteiger partial charge in [0.1, 0.15) is 0 Å². The van der Waals surface area contributed by atoms with E-state index in [1.807, 2.05) is 0 Å². The highest BCUT2D eigenvalue weighted by Crippen LogP contribution is 2.30. The van der Waals surface area contributed by atoms with Crippen LogP contribution in [-0.2, 0) is 4.79 Å². The molecular weight excluding hydrogens is 385 g/mol. The van der Waals surface area contributed by atoms with Crippen LogP contribution in [0.1, 0.15) is 11.1 Å². The molecule has 0 fully saturated rings. The van der Waals surface area contributed by atoms with E-state index in [1.165, 1.54) is 38.5 Å². The zero-order valence-corrected chi connectivity index (χ0v) is 15.4. The number of ketones is 1. The van der Waals surface area contributed by atoms with Gasteiger partial charge in [-0.1, -0.05) is 35.3 Å². The van der Waals surface area contributed by atoms with Crippen molar-refractivity contribution in [2.45, 2.75) is 0 Å². The molecule has 0 bridgehead atoms. The van der Waals surface area contributed by atoms with Crippen LogP contribution in [0.15, 0.2) is 47.5 Å². The summed E-state index contributed by atoms with van der Waals surface area (Å²) in [6.07, 6.45) is 0. The molecule has 0 heterocycles. The van der Waals surface area contributed by atoms with E-state index in [-0.39, 0.29) is 33.8 Å². The summed E-state index contributed by atoms with van der Waals surface area (Å²) < 4.78 is 37.6. The Morgan fingerprint density at radius 3 is 1.50 bits per heavy atom. The zero-order chi connectivity index (χ0) is 19.3. The molecule has 0 amide bonds. The molecule has 0 spiro atoms. The van der Waals surface area contributed by atoms with Crippen molar-refractivity contribution >= 4 is 40.1 Å². The molecule has 2 aromatic rings. The molecule has 0 aliphatic rings. The Balaban J connectivity index is 2.43. The first kappa shape index (κ1) is 19.9. The molecule has 2 aromatic carbocycles. The van der Waals surface area contributed by atoms with Crippen molar-refractivity contribution in [3.63, 3.8) is 0 Å². The van der Waals surface area contributed by atoms with Gasteiger partial charge in [0.05, 0.1) is 14.2 Å². The lowest BCUT2D eigenvalue weighted by Gasteiger charge is -2.11. The molecule has 0 atom stereocenters. The van der Waals surface area contributed by atoms with E-state index in [2.05, 4.69) is 0 Å². The maximum absolute atomic E-state index is 13.9. The fourth-order valence-corrected chi connectivity index (χ4v) is 2.75. The SMILES string of the molecule is COc1ccc(C(=CCl)C(=O)C(=CCl)c2ccc(OC)c(F)c2)cc1F. The lowest BCUT2D eigenvalue weighted by atomic mass is 9.94. The van der Waals surface area contributed by atoms with Gasteiger partial charge in [-0.15, -0.1) is 0 Å². The fraction of sp³-hybridized carbons (Fsp3) is 0.105. The highest BCUT2D eigenvalue weighted by Gasteiger charge is 2.20. The Bertz CT molecular complexity index is 821. The molecule has 0 saturated heterocycles. The lowest BCUT2D eigenvalue weighted by Crippen LogP contribution is -2.06. The molecule has 0 radical (unpaired) electrons. The molecule has 0 aliphatic heterocycles. The summed E-state index contributed by atoms with van der Waals surface area (Å²) in [5, 5.41) is 0. The Kier molecular flexibility index (Phi) is 6.77. The quantitative estimate of drug-likeness (QED) is 0.610. The molecule has 136 valence electrons. The van der Waals surface area contributed by atoms with Gasteiger partial charge in [-0.05, 0) is 35.4 Å². The van der Waals surface area contributed by atoms with E-state index in [1.54, 1.807) is 0 Å². The molecule has 2 rings (SSSR count). The normalized spacial score (nSPS) is 12.1. The van der Waals surface area contributed by atoms with Crippen molar-refractivity contribution in [1.82, 2.24) is 0 Å². The number of Topliss-reactive ketones (excluding diaryl/α,β-unsaturated/α-hetero) is 1. The van der Waals surface area contributed by atoms with Gasteiger partial charge < -0.3 is 9.47 Å². The van der Waals surface area contributed by atoms with Gasteiger partial charge in [0.15, 0.2) is 28.9 Å². The minimum absolute atomic E-state index is 0.00338. The second-order valence-corrected chi connectivity index (χ2v) is 5.51. The number of halogens is 4. The molecule has 3 nitrogen and oxygen atoms in total. The van der Waals surface area contributed by atoms with Crippen LogP contribution >= 0.6 is 23.2 Å². The number of hydrogen-bond acceptors (Lipinski definition) is 3. The van der Waals surface area contributed by atoms with E-state index in [0.29, 0.717) is 0 Å². The number of benzene rings is 2. The third kappa shape index (κ3) is 4.06. The molecule has 0 aromatic heterocycles. The maximum Gasteiger partial charge on any atom is 0.196 e. The second kappa shape index (κ2) is 8.83. The number of carbonyl (C=O) groups excluding carboxylic acids is 1. The van der Waals surface area contributed by atoms with Gasteiger partial charge >= 0.3 is 0 Å². The predicted molar refractivity (Wildman–Crippen MR) is 98.6 cm³/mol. The summed E-state index contributed by atoms with van der Waals surface area (Å²) in [7, 11) is 2.65. The van der Waals surface area contributed by atoms with E-state index < -0.39 is 17.4 Å². The zero-order valence-electron chi connectivity index (χ0n) is 13.9. The van der Waals surface area contributed by atoms with Crippen LogP contribution in [-0.4, -0.2) is 20.0 Å². The van der Waals surface area contributed by atoms with Gasteiger partial charge in [-0.2, -0.15) is 0 Å². The average Bonchev–Trinajstić information content (AvgIpc) is 2.63. The number of rotatable bonds is 6. The summed E-state index contributed by atoms with van der Waals surface area (Å²) in [6, 6.07) is 7.94. The van der Waals surface area contributed by atoms with Gasteiger partial charge in [-0.3, -0.25) is 4.79 Å². The Morgan fingerprint density at radius 1 is 0.846 bits per heavy atom. The summed E-state index contributed by atoms with van der Waals surface area (Å²) >= 11 is 11.6. The highest BCUT2D eigenvalue weighted by molar-refractivity contribution is 6.49. The summed E-state index contributed by atoms with van der Waals surface area (Å²) in [6.45, 7) is 0. The minimum Gasteiger partial charge on any atom is -0.494 e. The summed E-state index contributed by atoms with van der Waals surface area (Å²) in [4.78, 5) is 12.8. The van der Waals surface area contributed by atoms with Crippen molar-refractivity contribution < 1.29 is 23.0 Å². The van der Waals surface area contributed by atoms with Crippen LogP contribution < -0.4 is 9.47 Å². The lowest BCUT2D eigenvalue weighted by molar-refractivity contribution is -0.108. The van der Waals surface area contributed by atoms with Crippen LogP contribution in [0.25, 0.3) is 11.1 Å². The van der Waals surface area contributed by atoms with Gasteiger partial charge in [0.25, 0.3) is 0 Å². The van der Waals surface area contributed by atoms with Crippen LogP contribution in [0.3, 0.4) is 0 Å². The van der Waals surface area contributed by atoms with Crippen LogP contribution in [0.4, 0.5) is 8.78 Å².